The Morgan fingerprint density at radius 1 is 1.07 bits per heavy atom. The minimum Gasteiger partial charge on any atom is -0.507 e. The summed E-state index contributed by atoms with van der Waals surface area (Å²) in [6.07, 6.45) is 1.50. The zero-order valence-electron chi connectivity index (χ0n) is 16.8. The number of aliphatic hydroxyl groups excluding tert-OH is 1. The van der Waals surface area contributed by atoms with Crippen LogP contribution in [0.3, 0.4) is 0 Å². The summed E-state index contributed by atoms with van der Waals surface area (Å²) in [7, 11) is 0. The Morgan fingerprint density at radius 3 is 2.50 bits per heavy atom. The van der Waals surface area contributed by atoms with Gasteiger partial charge in [-0.3, -0.25) is 9.59 Å². The van der Waals surface area contributed by atoms with Gasteiger partial charge in [-0.25, -0.2) is 0 Å². The molecule has 0 radical (unpaired) electrons. The van der Waals surface area contributed by atoms with Crippen molar-refractivity contribution in [1.29, 1.82) is 0 Å². The Morgan fingerprint density at radius 2 is 1.83 bits per heavy atom. The van der Waals surface area contributed by atoms with Crippen molar-refractivity contribution in [2.45, 2.75) is 32.7 Å². The van der Waals surface area contributed by atoms with Crippen LogP contribution in [0.4, 0.5) is 0 Å². The van der Waals surface area contributed by atoms with Crippen LogP contribution in [0.15, 0.2) is 48.0 Å². The van der Waals surface area contributed by atoms with Crippen molar-refractivity contribution in [3.8, 4) is 5.75 Å². The van der Waals surface area contributed by atoms with Crippen molar-refractivity contribution in [2.24, 2.45) is 0 Å². The van der Waals surface area contributed by atoms with Crippen LogP contribution in [-0.4, -0.2) is 34.8 Å². The molecule has 0 bridgehead atoms. The van der Waals surface area contributed by atoms with E-state index in [4.69, 9.17) is 27.9 Å². The second-order valence-electron chi connectivity index (χ2n) is 7.04. The SMILES string of the molecule is CCCOc1cccc(/C(O)=C2/C(=O)C(=O)N(CCC)C2c2ccc(Cl)c(Cl)c2)c1. The number of halogens is 2. The third-order valence-corrected chi connectivity index (χ3v) is 5.58. The topological polar surface area (TPSA) is 66.8 Å². The number of rotatable bonds is 7. The summed E-state index contributed by atoms with van der Waals surface area (Å²) in [6, 6.07) is 11.0. The lowest BCUT2D eigenvalue weighted by Gasteiger charge is -2.25. The third kappa shape index (κ3) is 4.32. The molecule has 1 fully saturated rings. The first-order valence-corrected chi connectivity index (χ1v) is 10.6. The first-order valence-electron chi connectivity index (χ1n) is 9.85. The third-order valence-electron chi connectivity index (χ3n) is 4.84. The normalized spacial score (nSPS) is 18.1. The van der Waals surface area contributed by atoms with Crippen LogP contribution in [0.5, 0.6) is 5.75 Å². The molecular formula is C23H23Cl2NO4. The highest BCUT2D eigenvalue weighted by Crippen LogP contribution is 2.41. The molecule has 1 N–H and O–H groups in total. The van der Waals surface area contributed by atoms with E-state index in [0.717, 1.165) is 6.42 Å². The quantitative estimate of drug-likeness (QED) is 0.340. The van der Waals surface area contributed by atoms with Gasteiger partial charge < -0.3 is 14.7 Å². The van der Waals surface area contributed by atoms with Gasteiger partial charge in [0.15, 0.2) is 0 Å². The second kappa shape index (κ2) is 9.54. The van der Waals surface area contributed by atoms with Gasteiger partial charge in [-0.2, -0.15) is 0 Å². The van der Waals surface area contributed by atoms with Gasteiger partial charge in [-0.1, -0.05) is 55.2 Å². The Labute approximate surface area is 185 Å². The molecule has 7 heteroatoms. The fourth-order valence-corrected chi connectivity index (χ4v) is 3.80. The average molecular weight is 448 g/mol. The average Bonchev–Trinajstić information content (AvgIpc) is 2.99. The molecule has 1 heterocycles. The largest absolute Gasteiger partial charge is 0.507 e. The fourth-order valence-electron chi connectivity index (χ4n) is 3.49. The Kier molecular flexibility index (Phi) is 7.06. The van der Waals surface area contributed by atoms with E-state index in [-0.39, 0.29) is 11.3 Å². The molecule has 1 amide bonds. The molecule has 1 unspecified atom stereocenters. The molecule has 0 spiro atoms. The Balaban J connectivity index is 2.14. The monoisotopic (exact) mass is 447 g/mol. The summed E-state index contributed by atoms with van der Waals surface area (Å²) >= 11 is 12.2. The van der Waals surface area contributed by atoms with E-state index in [1.54, 1.807) is 42.5 Å². The van der Waals surface area contributed by atoms with Crippen molar-refractivity contribution < 1.29 is 19.4 Å². The standard InChI is InChI=1S/C23H23Cl2NO4/c1-3-10-26-20(14-8-9-17(24)18(25)13-14)19(22(28)23(26)29)21(27)15-6-5-7-16(12-15)30-11-4-2/h5-9,12-13,20,27H,3-4,10-11H2,1-2H3/b21-19-. The van der Waals surface area contributed by atoms with Gasteiger partial charge in [0.25, 0.3) is 11.7 Å². The first kappa shape index (κ1) is 22.2. The molecule has 158 valence electrons. The van der Waals surface area contributed by atoms with Gasteiger partial charge in [-0.15, -0.1) is 0 Å². The van der Waals surface area contributed by atoms with Gasteiger partial charge in [0.1, 0.15) is 11.5 Å². The minimum atomic E-state index is -0.750. The van der Waals surface area contributed by atoms with Crippen LogP contribution >= 0.6 is 23.2 Å². The lowest BCUT2D eigenvalue weighted by molar-refractivity contribution is -0.139. The van der Waals surface area contributed by atoms with Crippen LogP contribution < -0.4 is 4.74 Å². The van der Waals surface area contributed by atoms with Crippen molar-refractivity contribution >= 4 is 40.7 Å². The molecule has 3 rings (SSSR count). The molecule has 2 aromatic rings. The molecule has 1 aliphatic heterocycles. The van der Waals surface area contributed by atoms with E-state index in [1.807, 2.05) is 13.8 Å². The highest BCUT2D eigenvalue weighted by Gasteiger charge is 2.45. The summed E-state index contributed by atoms with van der Waals surface area (Å²) < 4.78 is 5.63. The van der Waals surface area contributed by atoms with Crippen molar-refractivity contribution in [2.75, 3.05) is 13.2 Å². The number of carbonyl (C=O) groups is 2. The molecular weight excluding hydrogens is 425 g/mol. The number of benzene rings is 2. The Hall–Kier alpha value is -2.50. The molecule has 0 saturated carbocycles. The summed E-state index contributed by atoms with van der Waals surface area (Å²) in [6.45, 7) is 4.82. The maximum atomic E-state index is 12.9. The smallest absolute Gasteiger partial charge is 0.295 e. The Bertz CT molecular complexity index is 1000. The van der Waals surface area contributed by atoms with Crippen LogP contribution in [0.25, 0.3) is 5.76 Å². The van der Waals surface area contributed by atoms with Crippen molar-refractivity contribution in [1.82, 2.24) is 4.90 Å². The molecule has 0 aromatic heterocycles. The number of Topliss-reactive ketones (excluding diaryl/α,β-unsaturated/α-hetero) is 1. The number of hydrogen-bond acceptors (Lipinski definition) is 4. The van der Waals surface area contributed by atoms with E-state index in [0.29, 0.717) is 46.5 Å². The van der Waals surface area contributed by atoms with Crippen LogP contribution in [0, 0.1) is 0 Å². The number of hydrogen-bond donors (Lipinski definition) is 1. The van der Waals surface area contributed by atoms with Crippen molar-refractivity contribution in [3.63, 3.8) is 0 Å². The summed E-state index contributed by atoms with van der Waals surface area (Å²) in [5.41, 5.74) is 1.04. The summed E-state index contributed by atoms with van der Waals surface area (Å²) in [5, 5.41) is 11.7. The second-order valence-corrected chi connectivity index (χ2v) is 7.86. The van der Waals surface area contributed by atoms with Gasteiger partial charge >= 0.3 is 0 Å². The van der Waals surface area contributed by atoms with Crippen LogP contribution in [-0.2, 0) is 9.59 Å². The van der Waals surface area contributed by atoms with Crippen LogP contribution in [0.2, 0.25) is 10.0 Å². The molecule has 30 heavy (non-hydrogen) atoms. The van der Waals surface area contributed by atoms with E-state index >= 15 is 0 Å². The summed E-state index contributed by atoms with van der Waals surface area (Å²) in [4.78, 5) is 27.1. The molecule has 1 saturated heterocycles. The van der Waals surface area contributed by atoms with E-state index in [9.17, 15) is 14.7 Å². The molecule has 5 nitrogen and oxygen atoms in total. The van der Waals surface area contributed by atoms with Crippen LogP contribution in [0.1, 0.15) is 43.9 Å². The van der Waals surface area contributed by atoms with Crippen molar-refractivity contribution in [3.05, 3.63) is 69.2 Å². The highest BCUT2D eigenvalue weighted by molar-refractivity contribution is 6.46. The minimum absolute atomic E-state index is 0.0273. The number of carbonyl (C=O) groups excluding carboxylic acids is 2. The van der Waals surface area contributed by atoms with Gasteiger partial charge in [0, 0.05) is 12.1 Å². The lowest BCUT2D eigenvalue weighted by atomic mass is 9.95. The molecule has 1 atom stereocenters. The zero-order valence-corrected chi connectivity index (χ0v) is 18.3. The number of ketones is 1. The molecule has 0 aliphatic carbocycles. The van der Waals surface area contributed by atoms with E-state index < -0.39 is 17.7 Å². The first-order chi connectivity index (χ1) is 14.4. The predicted octanol–water partition coefficient (Wildman–Crippen LogP) is 5.61. The maximum Gasteiger partial charge on any atom is 0.295 e. The van der Waals surface area contributed by atoms with E-state index in [1.165, 1.54) is 4.90 Å². The summed E-state index contributed by atoms with van der Waals surface area (Å²) in [5.74, 6) is -1.04. The number of aliphatic hydroxyl groups is 1. The lowest BCUT2D eigenvalue weighted by Crippen LogP contribution is -2.30. The predicted molar refractivity (Wildman–Crippen MR) is 118 cm³/mol. The number of nitrogens with zero attached hydrogens (tertiary/aromatic N) is 1. The maximum absolute atomic E-state index is 12.9. The van der Waals surface area contributed by atoms with Gasteiger partial charge in [-0.05, 0) is 42.7 Å². The molecule has 2 aromatic carbocycles. The number of amides is 1. The number of ether oxygens (including phenoxy) is 1. The molecule has 1 aliphatic rings. The number of likely N-dealkylation sites (tertiary alicyclic amines) is 1. The fraction of sp³-hybridized carbons (Fsp3) is 0.304. The van der Waals surface area contributed by atoms with E-state index in [2.05, 4.69) is 0 Å². The zero-order chi connectivity index (χ0) is 21.8. The van der Waals surface area contributed by atoms with Gasteiger partial charge in [0.2, 0.25) is 0 Å². The highest BCUT2D eigenvalue weighted by atomic mass is 35.5. The van der Waals surface area contributed by atoms with Gasteiger partial charge in [0.05, 0.1) is 28.3 Å².